The van der Waals surface area contributed by atoms with Crippen LogP contribution < -0.4 is 4.90 Å². The molecule has 46 heavy (non-hydrogen) atoms. The molecule has 0 unspecified atom stereocenters. The highest BCUT2D eigenvalue weighted by atomic mass is 32.2. The predicted molar refractivity (Wildman–Crippen MR) is 190 cm³/mol. The molecule has 0 amide bonds. The summed E-state index contributed by atoms with van der Waals surface area (Å²) in [4.78, 5) is 8.48. The molecule has 1 aromatic carbocycles. The van der Waals surface area contributed by atoms with Crippen LogP contribution in [0.25, 0.3) is 21.3 Å². The van der Waals surface area contributed by atoms with E-state index in [0.717, 1.165) is 64.9 Å². The summed E-state index contributed by atoms with van der Waals surface area (Å²) >= 11 is 1.74. The fraction of sp³-hybridized carbons (Fsp3) is 0.611. The van der Waals surface area contributed by atoms with E-state index in [1.807, 2.05) is 31.3 Å². The van der Waals surface area contributed by atoms with Crippen LogP contribution in [-0.4, -0.2) is 55.4 Å². The van der Waals surface area contributed by atoms with Crippen LogP contribution in [0, 0.1) is 17.2 Å². The Hall–Kier alpha value is -2.29. The fourth-order valence-electron chi connectivity index (χ4n) is 7.70. The van der Waals surface area contributed by atoms with Gasteiger partial charge in [0.05, 0.1) is 33.2 Å². The molecule has 2 aromatic heterocycles. The number of aromatic nitrogens is 1. The largest absolute Gasteiger partial charge is 0.412 e. The molecule has 0 bridgehead atoms. The third-order valence-corrected chi connectivity index (χ3v) is 20.0. The Labute approximate surface area is 280 Å². The zero-order valence-corrected chi connectivity index (χ0v) is 31.2. The second kappa shape index (κ2) is 10.6. The number of hydrogen-bond acceptors (Lipinski definition) is 7. The van der Waals surface area contributed by atoms with Crippen LogP contribution in [0.2, 0.25) is 18.1 Å². The molecule has 1 spiro atoms. The average Bonchev–Trinajstić information content (AvgIpc) is 3.43. The Morgan fingerprint density at radius 2 is 1.85 bits per heavy atom. The highest BCUT2D eigenvalue weighted by Gasteiger charge is 2.59. The summed E-state index contributed by atoms with van der Waals surface area (Å²) in [5.74, 6) is 1.01. The number of thiophene rings is 1. The van der Waals surface area contributed by atoms with Crippen molar-refractivity contribution in [2.45, 2.75) is 121 Å². The average molecular weight is 677 g/mol. The van der Waals surface area contributed by atoms with Gasteiger partial charge in [0.25, 0.3) is 0 Å². The molecular weight excluding hydrogens is 629 g/mol. The first-order valence-electron chi connectivity index (χ1n) is 16.8. The minimum atomic E-state index is -3.47. The van der Waals surface area contributed by atoms with Gasteiger partial charge in [-0.25, -0.2) is 8.42 Å². The summed E-state index contributed by atoms with van der Waals surface area (Å²) in [6, 6.07) is 11.0. The van der Waals surface area contributed by atoms with E-state index in [2.05, 4.69) is 69.1 Å². The molecule has 4 heterocycles. The molecule has 246 valence electrons. The lowest BCUT2D eigenvalue weighted by molar-refractivity contribution is 0.125. The van der Waals surface area contributed by atoms with Crippen LogP contribution in [0.4, 0.5) is 5.69 Å². The van der Waals surface area contributed by atoms with Crippen LogP contribution in [0.5, 0.6) is 0 Å². The minimum absolute atomic E-state index is 0.0959. The molecule has 0 N–H and O–H groups in total. The first-order valence-corrected chi connectivity index (χ1v) is 22.0. The van der Waals surface area contributed by atoms with Crippen LogP contribution in [0.15, 0.2) is 30.5 Å². The predicted octanol–water partition coefficient (Wildman–Crippen LogP) is 8.41. The zero-order valence-electron chi connectivity index (χ0n) is 28.6. The first-order chi connectivity index (χ1) is 21.5. The minimum Gasteiger partial charge on any atom is -0.412 e. The van der Waals surface area contributed by atoms with Gasteiger partial charge in [0.15, 0.2) is 8.32 Å². The summed E-state index contributed by atoms with van der Waals surface area (Å²) in [5, 5.41) is 10.3. The van der Waals surface area contributed by atoms with E-state index in [4.69, 9.17) is 9.41 Å². The van der Waals surface area contributed by atoms with Crippen molar-refractivity contribution < 1.29 is 12.8 Å². The summed E-state index contributed by atoms with van der Waals surface area (Å²) in [6.45, 7) is 18.9. The van der Waals surface area contributed by atoms with Gasteiger partial charge in [-0.05, 0) is 113 Å². The maximum Gasteiger partial charge on any atom is 0.219 e. The molecule has 2 saturated carbocycles. The highest BCUT2D eigenvalue weighted by molar-refractivity contribution is 7.90. The Bertz CT molecular complexity index is 1860. The standard InChI is InChI=1S/C36H48N4O3S2Si/c1-34(2,3)45(41,42)40-21-25(18-36(40)11-9-12-36)39-20-24-16-28(24)30-15-23(19-37)14-29(32(30)39)27-10-13-38-31-17-26(44-33(27)31)22-43-46(7,8)35(4,5)6/h10,13-15,17,24-25,28H,9,11-12,16,18,20-22H2,1-8H3/t24-,25+,28-/m1/s1. The topological polar surface area (TPSA) is 86.5 Å². The molecule has 2 aliphatic carbocycles. The van der Waals surface area contributed by atoms with Crippen molar-refractivity contribution in [1.82, 2.24) is 9.29 Å². The third-order valence-electron chi connectivity index (χ3n) is 11.8. The van der Waals surface area contributed by atoms with Gasteiger partial charge in [-0.1, -0.05) is 20.8 Å². The number of nitriles is 1. The second-order valence-electron chi connectivity index (χ2n) is 16.7. The Kier molecular flexibility index (Phi) is 7.44. The van der Waals surface area contributed by atoms with E-state index in [0.29, 0.717) is 30.6 Å². The molecular formula is C36H48N4O3S2Si. The molecule has 2 aliphatic heterocycles. The van der Waals surface area contributed by atoms with Gasteiger partial charge in [-0.2, -0.15) is 9.57 Å². The van der Waals surface area contributed by atoms with Crippen molar-refractivity contribution in [2.75, 3.05) is 18.0 Å². The van der Waals surface area contributed by atoms with Crippen LogP contribution in [0.3, 0.4) is 0 Å². The number of sulfonamides is 1. The summed E-state index contributed by atoms with van der Waals surface area (Å²) < 4.78 is 36.7. The fourth-order valence-corrected chi connectivity index (χ4v) is 11.6. The number of benzene rings is 1. The number of pyridine rings is 1. The molecule has 3 aromatic rings. The smallest absolute Gasteiger partial charge is 0.219 e. The van der Waals surface area contributed by atoms with Crippen molar-refractivity contribution >= 4 is 45.6 Å². The number of nitrogens with zero attached hydrogens (tertiary/aromatic N) is 4. The van der Waals surface area contributed by atoms with Gasteiger partial charge in [-0.3, -0.25) is 4.98 Å². The van der Waals surface area contributed by atoms with Crippen LogP contribution in [-0.2, 0) is 21.1 Å². The second-order valence-corrected chi connectivity index (χ2v) is 25.3. The van der Waals surface area contributed by atoms with Crippen LogP contribution >= 0.6 is 11.3 Å². The van der Waals surface area contributed by atoms with Gasteiger partial charge < -0.3 is 9.33 Å². The lowest BCUT2D eigenvalue weighted by Gasteiger charge is -2.46. The van der Waals surface area contributed by atoms with Gasteiger partial charge in [0.1, 0.15) is 0 Å². The maximum absolute atomic E-state index is 14.0. The van der Waals surface area contributed by atoms with Gasteiger partial charge in [0.2, 0.25) is 10.0 Å². The molecule has 7 nitrogen and oxygen atoms in total. The summed E-state index contributed by atoms with van der Waals surface area (Å²) in [5.41, 5.74) is 5.99. The number of fused-ring (bicyclic) bond motifs is 4. The van der Waals surface area contributed by atoms with Crippen molar-refractivity contribution in [3.8, 4) is 17.2 Å². The first kappa shape index (κ1) is 32.3. The number of anilines is 1. The molecule has 7 rings (SSSR count). The Balaban J connectivity index is 1.31. The van der Waals surface area contributed by atoms with Gasteiger partial charge in [-0.15, -0.1) is 11.3 Å². The van der Waals surface area contributed by atoms with Crippen molar-refractivity contribution in [3.63, 3.8) is 0 Å². The van der Waals surface area contributed by atoms with Gasteiger partial charge in [0, 0.05) is 52.6 Å². The number of hydrogen-bond donors (Lipinski definition) is 0. The van der Waals surface area contributed by atoms with E-state index in [1.165, 1.54) is 11.3 Å². The monoisotopic (exact) mass is 676 g/mol. The Morgan fingerprint density at radius 1 is 1.11 bits per heavy atom. The van der Waals surface area contributed by atoms with E-state index in [-0.39, 0.29) is 16.6 Å². The van der Waals surface area contributed by atoms with E-state index >= 15 is 0 Å². The molecule has 0 radical (unpaired) electrons. The summed E-state index contributed by atoms with van der Waals surface area (Å²) in [7, 11) is -5.39. The normalized spacial score (nSPS) is 24.5. The van der Waals surface area contributed by atoms with Crippen molar-refractivity contribution in [2.24, 2.45) is 5.92 Å². The zero-order chi connectivity index (χ0) is 33.0. The molecule has 3 fully saturated rings. The maximum atomic E-state index is 14.0. The van der Waals surface area contributed by atoms with Gasteiger partial charge >= 0.3 is 0 Å². The van der Waals surface area contributed by atoms with E-state index in [1.54, 1.807) is 11.3 Å². The van der Waals surface area contributed by atoms with E-state index < -0.39 is 23.1 Å². The quantitative estimate of drug-likeness (QED) is 0.244. The SMILES string of the molecule is CC(C)(C)[Si](C)(C)OCc1cc2nccc(-c3cc(C#N)cc4c3N([C@@H]3CN(S(=O)(=O)C(C)(C)C)C5(CCC5)C3)C[C@H]3C[C@@H]43)c2s1. The van der Waals surface area contributed by atoms with Crippen LogP contribution in [0.1, 0.15) is 95.6 Å². The lowest BCUT2D eigenvalue weighted by atomic mass is 9.75. The highest BCUT2D eigenvalue weighted by Crippen LogP contribution is 2.60. The molecule has 3 atom stereocenters. The molecule has 1 saturated heterocycles. The Morgan fingerprint density at radius 3 is 2.48 bits per heavy atom. The van der Waals surface area contributed by atoms with Crippen molar-refractivity contribution in [3.05, 3.63) is 46.5 Å². The summed E-state index contributed by atoms with van der Waals surface area (Å²) in [6.07, 6.45) is 6.82. The number of rotatable bonds is 6. The molecule has 4 aliphatic rings. The third kappa shape index (κ3) is 5.07. The van der Waals surface area contributed by atoms with Crippen molar-refractivity contribution in [1.29, 1.82) is 5.26 Å². The lowest BCUT2D eigenvalue weighted by Crippen LogP contribution is -2.56. The molecule has 10 heteroatoms. The van der Waals surface area contributed by atoms with E-state index in [9.17, 15) is 13.7 Å².